The molecular formula is C16H15NO2. The second-order valence-corrected chi connectivity index (χ2v) is 5.01. The summed E-state index contributed by atoms with van der Waals surface area (Å²) in [5.74, 6) is 1.71. The number of aryl methyl sites for hydroxylation is 1. The second kappa shape index (κ2) is 4.19. The molecule has 3 nitrogen and oxygen atoms in total. The highest BCUT2D eigenvalue weighted by Gasteiger charge is 2.21. The Kier molecular flexibility index (Phi) is 2.37. The molecule has 2 aliphatic rings. The van der Waals surface area contributed by atoms with Crippen molar-refractivity contribution >= 4 is 5.69 Å². The molecule has 2 aliphatic heterocycles. The highest BCUT2D eigenvalue weighted by molar-refractivity contribution is 5.56. The van der Waals surface area contributed by atoms with E-state index in [-0.39, 0.29) is 0 Å². The van der Waals surface area contributed by atoms with Crippen LogP contribution in [0.1, 0.15) is 23.6 Å². The average molecular weight is 253 g/mol. The Morgan fingerprint density at radius 1 is 1.00 bits per heavy atom. The third kappa shape index (κ3) is 1.82. The Morgan fingerprint density at radius 3 is 2.89 bits per heavy atom. The van der Waals surface area contributed by atoms with Crippen LogP contribution in [0.5, 0.6) is 11.5 Å². The van der Waals surface area contributed by atoms with Crippen molar-refractivity contribution in [2.24, 2.45) is 0 Å². The highest BCUT2D eigenvalue weighted by Crippen LogP contribution is 2.38. The van der Waals surface area contributed by atoms with E-state index >= 15 is 0 Å². The lowest BCUT2D eigenvalue weighted by molar-refractivity contribution is 0.174. The molecule has 0 fully saturated rings. The Bertz CT molecular complexity index is 624. The molecule has 1 N–H and O–H groups in total. The summed E-state index contributed by atoms with van der Waals surface area (Å²) in [5.41, 5.74) is 3.91. The molecule has 3 heteroatoms. The lowest BCUT2D eigenvalue weighted by atomic mass is 9.93. The van der Waals surface area contributed by atoms with Crippen molar-refractivity contribution in [1.29, 1.82) is 0 Å². The fourth-order valence-corrected chi connectivity index (χ4v) is 2.82. The zero-order valence-electron chi connectivity index (χ0n) is 10.6. The fourth-order valence-electron chi connectivity index (χ4n) is 2.82. The van der Waals surface area contributed by atoms with Gasteiger partial charge >= 0.3 is 0 Å². The van der Waals surface area contributed by atoms with Crippen LogP contribution in [0.25, 0.3) is 0 Å². The van der Waals surface area contributed by atoms with E-state index in [0.717, 1.165) is 24.3 Å². The quantitative estimate of drug-likeness (QED) is 0.843. The summed E-state index contributed by atoms with van der Waals surface area (Å²) in [4.78, 5) is 0. The van der Waals surface area contributed by atoms with Crippen molar-refractivity contribution in [2.45, 2.75) is 18.9 Å². The molecule has 0 aliphatic carbocycles. The highest BCUT2D eigenvalue weighted by atomic mass is 16.7. The summed E-state index contributed by atoms with van der Waals surface area (Å²) in [6, 6.07) is 15.1. The van der Waals surface area contributed by atoms with E-state index in [9.17, 15) is 0 Å². The maximum Gasteiger partial charge on any atom is 0.231 e. The summed E-state index contributed by atoms with van der Waals surface area (Å²) >= 11 is 0. The number of hydrogen-bond acceptors (Lipinski definition) is 3. The summed E-state index contributed by atoms with van der Waals surface area (Å²) in [7, 11) is 0. The van der Waals surface area contributed by atoms with Crippen molar-refractivity contribution in [3.05, 3.63) is 53.6 Å². The van der Waals surface area contributed by atoms with Crippen molar-refractivity contribution in [1.82, 2.24) is 0 Å². The minimum absolute atomic E-state index is 0.333. The van der Waals surface area contributed by atoms with Crippen LogP contribution in [0.2, 0.25) is 0 Å². The molecule has 0 radical (unpaired) electrons. The van der Waals surface area contributed by atoms with Gasteiger partial charge in [0.15, 0.2) is 11.5 Å². The predicted octanol–water partition coefficient (Wildman–Crippen LogP) is 3.51. The van der Waals surface area contributed by atoms with E-state index < -0.39 is 0 Å². The molecular weight excluding hydrogens is 238 g/mol. The van der Waals surface area contributed by atoms with Crippen LogP contribution in [0, 0.1) is 0 Å². The molecule has 1 unspecified atom stereocenters. The van der Waals surface area contributed by atoms with Gasteiger partial charge in [-0.05, 0) is 42.2 Å². The molecule has 0 amide bonds. The number of fused-ring (bicyclic) bond motifs is 2. The van der Waals surface area contributed by atoms with Gasteiger partial charge in [0.05, 0.1) is 6.04 Å². The molecule has 2 aromatic rings. The van der Waals surface area contributed by atoms with Crippen molar-refractivity contribution < 1.29 is 9.47 Å². The Hall–Kier alpha value is -2.16. The SMILES string of the molecule is c1ccc2c(c1)CCC(c1ccc3c(c1)OCO3)N2. The van der Waals surface area contributed by atoms with Gasteiger partial charge in [-0.1, -0.05) is 24.3 Å². The fraction of sp³-hybridized carbons (Fsp3) is 0.250. The number of hydrogen-bond donors (Lipinski definition) is 1. The number of benzene rings is 2. The first-order valence-corrected chi connectivity index (χ1v) is 6.64. The van der Waals surface area contributed by atoms with Gasteiger partial charge in [-0.25, -0.2) is 0 Å². The van der Waals surface area contributed by atoms with Crippen LogP contribution in [0.15, 0.2) is 42.5 Å². The van der Waals surface area contributed by atoms with E-state index in [1.54, 1.807) is 0 Å². The van der Waals surface area contributed by atoms with Gasteiger partial charge < -0.3 is 14.8 Å². The number of nitrogens with one attached hydrogen (secondary N) is 1. The van der Waals surface area contributed by atoms with Gasteiger partial charge in [-0.15, -0.1) is 0 Å². The first-order valence-electron chi connectivity index (χ1n) is 6.64. The van der Waals surface area contributed by atoms with Crippen molar-refractivity contribution in [3.63, 3.8) is 0 Å². The topological polar surface area (TPSA) is 30.5 Å². The minimum Gasteiger partial charge on any atom is -0.454 e. The van der Waals surface area contributed by atoms with Crippen molar-refractivity contribution in [3.8, 4) is 11.5 Å². The number of para-hydroxylation sites is 1. The van der Waals surface area contributed by atoms with E-state index in [0.29, 0.717) is 12.8 Å². The van der Waals surface area contributed by atoms with Gasteiger partial charge in [-0.2, -0.15) is 0 Å². The minimum atomic E-state index is 0.333. The smallest absolute Gasteiger partial charge is 0.231 e. The average Bonchev–Trinajstić information content (AvgIpc) is 2.94. The maximum atomic E-state index is 5.45. The van der Waals surface area contributed by atoms with E-state index in [2.05, 4.69) is 41.7 Å². The summed E-state index contributed by atoms with van der Waals surface area (Å²) in [6.45, 7) is 0.333. The van der Waals surface area contributed by atoms with Crippen LogP contribution in [0.3, 0.4) is 0 Å². The molecule has 4 rings (SSSR count). The standard InChI is InChI=1S/C16H15NO2/c1-2-4-13-11(3-1)5-7-14(17-13)12-6-8-15-16(9-12)19-10-18-15/h1-4,6,8-9,14,17H,5,7,10H2. The predicted molar refractivity (Wildman–Crippen MR) is 73.7 cm³/mol. The molecule has 2 heterocycles. The molecule has 0 aromatic heterocycles. The number of ether oxygens (including phenoxy) is 2. The van der Waals surface area contributed by atoms with Crippen LogP contribution in [-0.4, -0.2) is 6.79 Å². The molecule has 2 aromatic carbocycles. The molecule has 96 valence electrons. The molecule has 0 saturated carbocycles. The summed E-state index contributed by atoms with van der Waals surface area (Å²) in [6.07, 6.45) is 2.22. The van der Waals surface area contributed by atoms with Crippen LogP contribution < -0.4 is 14.8 Å². The first-order chi connectivity index (χ1) is 9.40. The Balaban J connectivity index is 1.64. The number of rotatable bonds is 1. The Labute approximate surface area is 112 Å². The molecule has 0 bridgehead atoms. The van der Waals surface area contributed by atoms with Crippen molar-refractivity contribution in [2.75, 3.05) is 12.1 Å². The third-order valence-electron chi connectivity index (χ3n) is 3.85. The zero-order chi connectivity index (χ0) is 12.7. The first kappa shape index (κ1) is 10.7. The van der Waals surface area contributed by atoms with Gasteiger partial charge in [-0.3, -0.25) is 0 Å². The zero-order valence-corrected chi connectivity index (χ0v) is 10.6. The van der Waals surface area contributed by atoms with Crippen LogP contribution in [-0.2, 0) is 6.42 Å². The molecule has 0 spiro atoms. The molecule has 1 atom stereocenters. The van der Waals surface area contributed by atoms with Gasteiger partial charge in [0, 0.05) is 5.69 Å². The van der Waals surface area contributed by atoms with E-state index in [1.807, 2.05) is 6.07 Å². The van der Waals surface area contributed by atoms with Crippen LogP contribution >= 0.6 is 0 Å². The largest absolute Gasteiger partial charge is 0.454 e. The summed E-state index contributed by atoms with van der Waals surface area (Å²) in [5, 5.41) is 3.61. The second-order valence-electron chi connectivity index (χ2n) is 5.01. The van der Waals surface area contributed by atoms with Gasteiger partial charge in [0.2, 0.25) is 6.79 Å². The van der Waals surface area contributed by atoms with Gasteiger partial charge in [0.25, 0.3) is 0 Å². The lowest BCUT2D eigenvalue weighted by Gasteiger charge is -2.27. The normalized spacial score (nSPS) is 19.7. The maximum absolute atomic E-state index is 5.45. The molecule has 0 saturated heterocycles. The third-order valence-corrected chi connectivity index (χ3v) is 3.85. The van der Waals surface area contributed by atoms with E-state index in [1.165, 1.54) is 16.8 Å². The lowest BCUT2D eigenvalue weighted by Crippen LogP contribution is -2.17. The summed E-state index contributed by atoms with van der Waals surface area (Å²) < 4.78 is 10.8. The van der Waals surface area contributed by atoms with Gasteiger partial charge in [0.1, 0.15) is 0 Å². The Morgan fingerprint density at radius 2 is 1.89 bits per heavy atom. The van der Waals surface area contributed by atoms with Crippen LogP contribution in [0.4, 0.5) is 5.69 Å². The monoisotopic (exact) mass is 253 g/mol. The number of anilines is 1. The van der Waals surface area contributed by atoms with E-state index in [4.69, 9.17) is 9.47 Å². The molecule has 19 heavy (non-hydrogen) atoms.